The lowest BCUT2D eigenvalue weighted by molar-refractivity contribution is -0.129. The minimum atomic E-state index is -0.554. The highest BCUT2D eigenvalue weighted by atomic mass is 35.5. The van der Waals surface area contributed by atoms with Gasteiger partial charge in [-0.3, -0.25) is 14.2 Å². The predicted molar refractivity (Wildman–Crippen MR) is 100 cm³/mol. The topological polar surface area (TPSA) is 64.4 Å². The SMILES string of the molecule is CC12CCC(C)(O1)[C@H]1C(=O)N(c3ccc(-n4cnc(Cl)c4Cl)cc3)C(=O)[C@H]12. The average molecular weight is 406 g/mol. The second kappa shape index (κ2) is 5.34. The number of hydrogen-bond donors (Lipinski definition) is 0. The lowest BCUT2D eigenvalue weighted by Crippen LogP contribution is -2.40. The Kier molecular flexibility index (Phi) is 3.41. The van der Waals surface area contributed by atoms with Gasteiger partial charge in [-0.2, -0.15) is 0 Å². The molecule has 0 saturated carbocycles. The molecule has 2 bridgehead atoms. The van der Waals surface area contributed by atoms with E-state index >= 15 is 0 Å². The smallest absolute Gasteiger partial charge is 0.240 e. The van der Waals surface area contributed by atoms with Crippen molar-refractivity contribution in [2.45, 2.75) is 37.9 Å². The van der Waals surface area contributed by atoms with Gasteiger partial charge in [0.25, 0.3) is 0 Å². The van der Waals surface area contributed by atoms with E-state index in [0.29, 0.717) is 10.8 Å². The van der Waals surface area contributed by atoms with E-state index in [1.54, 1.807) is 28.8 Å². The molecule has 3 saturated heterocycles. The Balaban J connectivity index is 1.50. The molecule has 0 aliphatic carbocycles. The number of halogens is 2. The number of hydrogen-bond acceptors (Lipinski definition) is 4. The standard InChI is InChI=1S/C19H17Cl2N3O3/c1-18-7-8-19(2,27-18)13-12(18)16(25)24(17(13)26)11-5-3-10(4-6-11)23-9-22-14(20)15(23)21/h3-6,9,12-13H,7-8H2,1-2H3/t12-,13+,18?,19?. The molecule has 2 amide bonds. The molecular weight excluding hydrogens is 389 g/mol. The number of ether oxygens (including phenoxy) is 1. The van der Waals surface area contributed by atoms with Crippen LogP contribution in [-0.2, 0) is 14.3 Å². The molecule has 2 unspecified atom stereocenters. The second-order valence-corrected chi connectivity index (χ2v) is 8.62. The molecule has 3 aliphatic heterocycles. The molecule has 0 N–H and O–H groups in total. The minimum Gasteiger partial charge on any atom is -0.367 e. The summed E-state index contributed by atoms with van der Waals surface area (Å²) in [4.78, 5) is 31.5. The quantitative estimate of drug-likeness (QED) is 0.715. The third-order valence-electron chi connectivity index (χ3n) is 6.26. The molecule has 5 rings (SSSR count). The number of imide groups is 1. The average Bonchev–Trinajstić information content (AvgIpc) is 3.29. The van der Waals surface area contributed by atoms with Crippen LogP contribution in [0.25, 0.3) is 5.69 Å². The van der Waals surface area contributed by atoms with Crippen molar-refractivity contribution in [3.63, 3.8) is 0 Å². The Labute approximate surface area is 166 Å². The molecule has 4 heterocycles. The van der Waals surface area contributed by atoms with Gasteiger partial charge in [-0.25, -0.2) is 9.88 Å². The van der Waals surface area contributed by atoms with E-state index in [1.165, 1.54) is 11.2 Å². The summed E-state index contributed by atoms with van der Waals surface area (Å²) >= 11 is 12.0. The number of rotatable bonds is 2. The summed E-state index contributed by atoms with van der Waals surface area (Å²) in [6.45, 7) is 3.90. The first kappa shape index (κ1) is 17.2. The maximum Gasteiger partial charge on any atom is 0.240 e. The molecule has 140 valence electrons. The van der Waals surface area contributed by atoms with Gasteiger partial charge < -0.3 is 4.74 Å². The lowest BCUT2D eigenvalue weighted by atomic mass is 9.69. The Morgan fingerprint density at radius 3 is 2.00 bits per heavy atom. The highest BCUT2D eigenvalue weighted by Gasteiger charge is 2.72. The minimum absolute atomic E-state index is 0.174. The lowest BCUT2D eigenvalue weighted by Gasteiger charge is -2.27. The zero-order valence-corrected chi connectivity index (χ0v) is 16.3. The fraction of sp³-hybridized carbons (Fsp3) is 0.421. The highest BCUT2D eigenvalue weighted by Crippen LogP contribution is 2.60. The van der Waals surface area contributed by atoms with E-state index in [9.17, 15) is 9.59 Å². The van der Waals surface area contributed by atoms with E-state index in [0.717, 1.165) is 18.5 Å². The summed E-state index contributed by atoms with van der Waals surface area (Å²) in [6, 6.07) is 7.04. The summed E-state index contributed by atoms with van der Waals surface area (Å²) in [5.41, 5.74) is 0.186. The third-order valence-corrected chi connectivity index (χ3v) is 6.99. The van der Waals surface area contributed by atoms with Gasteiger partial charge in [0.2, 0.25) is 11.8 Å². The number of benzene rings is 1. The van der Waals surface area contributed by atoms with Crippen LogP contribution in [0.2, 0.25) is 10.3 Å². The van der Waals surface area contributed by atoms with E-state index in [1.807, 2.05) is 13.8 Å². The van der Waals surface area contributed by atoms with Crippen LogP contribution in [0.3, 0.4) is 0 Å². The zero-order chi connectivity index (χ0) is 19.1. The summed E-state index contributed by atoms with van der Waals surface area (Å²) < 4.78 is 7.76. The van der Waals surface area contributed by atoms with Crippen LogP contribution >= 0.6 is 23.2 Å². The maximum absolute atomic E-state index is 13.1. The van der Waals surface area contributed by atoms with Crippen molar-refractivity contribution >= 4 is 40.7 Å². The van der Waals surface area contributed by atoms with Gasteiger partial charge >= 0.3 is 0 Å². The van der Waals surface area contributed by atoms with Crippen LogP contribution in [0.1, 0.15) is 26.7 Å². The largest absolute Gasteiger partial charge is 0.367 e. The van der Waals surface area contributed by atoms with Crippen molar-refractivity contribution < 1.29 is 14.3 Å². The first-order chi connectivity index (χ1) is 12.8. The molecule has 6 nitrogen and oxygen atoms in total. The van der Waals surface area contributed by atoms with E-state index < -0.39 is 23.0 Å². The second-order valence-electron chi connectivity index (χ2n) is 7.91. The molecule has 0 spiro atoms. The van der Waals surface area contributed by atoms with Gasteiger partial charge in [0.1, 0.15) is 6.33 Å². The number of amides is 2. The molecule has 1 aromatic carbocycles. The molecule has 27 heavy (non-hydrogen) atoms. The molecule has 0 radical (unpaired) electrons. The van der Waals surface area contributed by atoms with E-state index in [2.05, 4.69) is 4.98 Å². The van der Waals surface area contributed by atoms with Gasteiger partial charge in [0.15, 0.2) is 10.3 Å². The van der Waals surface area contributed by atoms with Gasteiger partial charge in [-0.05, 0) is 51.0 Å². The Hall–Kier alpha value is -1.89. The van der Waals surface area contributed by atoms with Gasteiger partial charge in [0.05, 0.1) is 28.7 Å². The van der Waals surface area contributed by atoms with E-state index in [4.69, 9.17) is 27.9 Å². The predicted octanol–water partition coefficient (Wildman–Crippen LogP) is 3.63. The Bertz CT molecular complexity index is 955. The number of imidazole rings is 1. The van der Waals surface area contributed by atoms with Crippen molar-refractivity contribution in [1.82, 2.24) is 9.55 Å². The fourth-order valence-corrected chi connectivity index (χ4v) is 5.30. The number of fused-ring (bicyclic) bond motifs is 5. The summed E-state index contributed by atoms with van der Waals surface area (Å²) in [6.07, 6.45) is 3.12. The number of carbonyl (C=O) groups excluding carboxylic acids is 2. The molecular formula is C19H17Cl2N3O3. The Morgan fingerprint density at radius 2 is 1.52 bits per heavy atom. The van der Waals surface area contributed by atoms with Crippen LogP contribution in [0, 0.1) is 11.8 Å². The maximum atomic E-state index is 13.1. The van der Waals surface area contributed by atoms with Crippen LogP contribution in [0.5, 0.6) is 0 Å². The van der Waals surface area contributed by atoms with Crippen LogP contribution < -0.4 is 4.90 Å². The molecule has 4 atom stereocenters. The summed E-state index contributed by atoms with van der Waals surface area (Å²) in [7, 11) is 0. The molecule has 3 fully saturated rings. The summed E-state index contributed by atoms with van der Waals surface area (Å²) in [5, 5.41) is 0.525. The fourth-order valence-electron chi connectivity index (χ4n) is 4.98. The van der Waals surface area contributed by atoms with Gasteiger partial charge in [-0.15, -0.1) is 0 Å². The zero-order valence-electron chi connectivity index (χ0n) is 14.8. The van der Waals surface area contributed by atoms with Crippen LogP contribution in [-0.4, -0.2) is 32.6 Å². The van der Waals surface area contributed by atoms with Crippen molar-refractivity contribution in [1.29, 1.82) is 0 Å². The monoisotopic (exact) mass is 405 g/mol. The van der Waals surface area contributed by atoms with Crippen LogP contribution in [0.4, 0.5) is 5.69 Å². The van der Waals surface area contributed by atoms with Crippen molar-refractivity contribution in [2.75, 3.05) is 4.90 Å². The number of nitrogens with zero attached hydrogens (tertiary/aromatic N) is 3. The molecule has 8 heteroatoms. The molecule has 1 aromatic heterocycles. The van der Waals surface area contributed by atoms with E-state index in [-0.39, 0.29) is 17.0 Å². The third kappa shape index (κ3) is 2.15. The number of anilines is 1. The molecule has 3 aliphatic rings. The highest BCUT2D eigenvalue weighted by molar-refractivity contribution is 6.40. The van der Waals surface area contributed by atoms with Crippen molar-refractivity contribution in [2.24, 2.45) is 11.8 Å². The number of carbonyl (C=O) groups is 2. The molecule has 2 aromatic rings. The normalized spacial score (nSPS) is 34.6. The first-order valence-electron chi connectivity index (χ1n) is 8.82. The van der Waals surface area contributed by atoms with Crippen LogP contribution in [0.15, 0.2) is 30.6 Å². The first-order valence-corrected chi connectivity index (χ1v) is 9.57. The van der Waals surface area contributed by atoms with Gasteiger partial charge in [0, 0.05) is 5.69 Å². The Morgan fingerprint density at radius 1 is 1.00 bits per heavy atom. The summed E-state index contributed by atoms with van der Waals surface area (Å²) in [5.74, 6) is -1.17. The van der Waals surface area contributed by atoms with Crippen molar-refractivity contribution in [3.05, 3.63) is 40.9 Å². The van der Waals surface area contributed by atoms with Gasteiger partial charge in [-0.1, -0.05) is 23.2 Å². The van der Waals surface area contributed by atoms with Crippen molar-refractivity contribution in [3.8, 4) is 5.69 Å². The number of aromatic nitrogens is 2.